The topological polar surface area (TPSA) is 148 Å². The molecule has 0 bridgehead atoms. The molecule has 2 N–H and O–H groups in total. The second kappa shape index (κ2) is 15.3. The van der Waals surface area contributed by atoms with Crippen LogP contribution in [0.15, 0.2) is 89.8 Å². The number of piperidine rings is 2. The molecule has 0 radical (unpaired) electrons. The van der Waals surface area contributed by atoms with E-state index < -0.39 is 0 Å². The molecule has 2 aliphatic rings. The second-order valence-electron chi connectivity index (χ2n) is 16.1. The van der Waals surface area contributed by atoms with Gasteiger partial charge in [0.2, 0.25) is 17.7 Å². The second-order valence-corrected chi connectivity index (χ2v) is 16.1. The average Bonchev–Trinajstić information content (AvgIpc) is 3.87. The fraction of sp³-hybridized carbons (Fsp3) is 0.341. The molecular weight excluding hydrogens is 705 g/mol. The number of imide groups is 1. The van der Waals surface area contributed by atoms with Crippen molar-refractivity contribution in [1.82, 2.24) is 40.3 Å². The molecule has 0 aliphatic carbocycles. The van der Waals surface area contributed by atoms with E-state index >= 15 is 0 Å². The molecule has 56 heavy (non-hydrogen) atoms. The lowest BCUT2D eigenvalue weighted by atomic mass is 9.86. The Morgan fingerprint density at radius 3 is 2.45 bits per heavy atom. The van der Waals surface area contributed by atoms with E-state index in [4.69, 9.17) is 4.52 Å². The first-order valence-electron chi connectivity index (χ1n) is 19.3. The zero-order valence-electron chi connectivity index (χ0n) is 32.2. The van der Waals surface area contributed by atoms with Crippen LogP contribution in [0.25, 0.3) is 27.9 Å². The van der Waals surface area contributed by atoms with Gasteiger partial charge in [0.05, 0.1) is 17.1 Å². The molecule has 0 saturated carbocycles. The first-order valence-corrected chi connectivity index (χ1v) is 19.3. The number of nitrogens with one attached hydrogen (secondary N) is 2. The number of likely N-dealkylation sites (tertiary alicyclic amines) is 1. The summed E-state index contributed by atoms with van der Waals surface area (Å²) in [4.78, 5) is 48.1. The summed E-state index contributed by atoms with van der Waals surface area (Å²) in [6.07, 6.45) is 6.85. The van der Waals surface area contributed by atoms with Gasteiger partial charge < -0.3 is 9.84 Å². The first-order chi connectivity index (χ1) is 27.0. The Bertz CT molecular complexity index is 2410. The molecule has 5 heterocycles. The van der Waals surface area contributed by atoms with Gasteiger partial charge in [-0.2, -0.15) is 10.1 Å². The van der Waals surface area contributed by atoms with Crippen molar-refractivity contribution in [3.63, 3.8) is 0 Å². The number of nitrogens with zero attached hydrogens (tertiary/aromatic N) is 6. The highest BCUT2D eigenvalue weighted by atomic mass is 16.5. The van der Waals surface area contributed by atoms with Crippen LogP contribution in [-0.4, -0.2) is 60.4 Å². The molecule has 8 rings (SSSR count). The van der Waals surface area contributed by atoms with E-state index in [2.05, 4.69) is 96.4 Å². The third-order valence-corrected chi connectivity index (χ3v) is 11.0. The quantitative estimate of drug-likeness (QED) is 0.151. The van der Waals surface area contributed by atoms with Crippen LogP contribution in [0.5, 0.6) is 0 Å². The maximum Gasteiger partial charge on any atom is 0.292 e. The lowest BCUT2D eigenvalue weighted by molar-refractivity contribution is -0.134. The number of aromatic nitrogens is 5. The summed E-state index contributed by atoms with van der Waals surface area (Å²) in [5.74, 6) is -0.128. The van der Waals surface area contributed by atoms with Crippen LogP contribution in [0.3, 0.4) is 0 Å². The van der Waals surface area contributed by atoms with Gasteiger partial charge in [0.15, 0.2) is 0 Å². The first kappa shape index (κ1) is 36.9. The Labute approximate surface area is 325 Å². The number of hydrogen-bond acceptors (Lipinski definition) is 9. The van der Waals surface area contributed by atoms with Gasteiger partial charge in [-0.25, -0.2) is 9.50 Å². The van der Waals surface area contributed by atoms with Crippen LogP contribution < -0.4 is 10.6 Å². The number of aryl methyl sites for hydroxylation is 1. The fourth-order valence-corrected chi connectivity index (χ4v) is 7.77. The molecule has 2 atom stereocenters. The number of hydrogen-bond donors (Lipinski definition) is 2. The van der Waals surface area contributed by atoms with Crippen molar-refractivity contribution < 1.29 is 18.9 Å². The summed E-state index contributed by atoms with van der Waals surface area (Å²) in [6, 6.07) is 25.5. The molecule has 2 aliphatic heterocycles. The minimum absolute atomic E-state index is 0.0240. The van der Waals surface area contributed by atoms with Crippen LogP contribution in [0.1, 0.15) is 103 Å². The van der Waals surface area contributed by atoms with E-state index in [0.717, 1.165) is 77.1 Å². The minimum Gasteiger partial charge on any atom is -0.345 e. The van der Waals surface area contributed by atoms with Gasteiger partial charge in [-0.1, -0.05) is 86.6 Å². The molecule has 2 unspecified atom stereocenters. The molecule has 6 aromatic rings. The number of benzene rings is 3. The van der Waals surface area contributed by atoms with Crippen molar-refractivity contribution in [3.05, 3.63) is 125 Å². The average molecular weight is 751 g/mol. The van der Waals surface area contributed by atoms with Gasteiger partial charge >= 0.3 is 0 Å². The van der Waals surface area contributed by atoms with E-state index in [-0.39, 0.29) is 34.9 Å². The summed E-state index contributed by atoms with van der Waals surface area (Å²) in [7, 11) is 0. The maximum atomic E-state index is 12.7. The number of carbonyl (C=O) groups excluding carboxylic acids is 3. The minimum atomic E-state index is -0.383. The molecule has 0 spiro atoms. The Morgan fingerprint density at radius 1 is 0.946 bits per heavy atom. The molecule has 3 aromatic carbocycles. The zero-order chi connectivity index (χ0) is 39.0. The van der Waals surface area contributed by atoms with Gasteiger partial charge in [0.25, 0.3) is 11.7 Å². The molecule has 2 fully saturated rings. The summed E-state index contributed by atoms with van der Waals surface area (Å²) in [5.41, 5.74) is 10.1. The Hall–Kier alpha value is -6.01. The molecular formula is C44H46N8O4. The van der Waals surface area contributed by atoms with Crippen molar-refractivity contribution >= 4 is 23.2 Å². The van der Waals surface area contributed by atoms with Gasteiger partial charge in [0, 0.05) is 48.8 Å². The number of amides is 3. The molecule has 3 amide bonds. The van der Waals surface area contributed by atoms with Crippen molar-refractivity contribution in [1.29, 1.82) is 0 Å². The van der Waals surface area contributed by atoms with Gasteiger partial charge in [-0.3, -0.25) is 24.6 Å². The third kappa shape index (κ3) is 7.88. The van der Waals surface area contributed by atoms with Crippen molar-refractivity contribution in [2.24, 2.45) is 0 Å². The van der Waals surface area contributed by atoms with Crippen LogP contribution in [0.2, 0.25) is 0 Å². The number of fused-ring (bicyclic) bond motifs is 1. The van der Waals surface area contributed by atoms with Crippen LogP contribution in [0, 0.1) is 6.92 Å². The van der Waals surface area contributed by atoms with E-state index in [0.29, 0.717) is 31.2 Å². The fourth-order valence-electron chi connectivity index (χ4n) is 7.77. The zero-order valence-corrected chi connectivity index (χ0v) is 32.2. The maximum absolute atomic E-state index is 12.7. The van der Waals surface area contributed by atoms with Gasteiger partial charge in [0.1, 0.15) is 6.33 Å². The van der Waals surface area contributed by atoms with Crippen LogP contribution in [0.4, 0.5) is 0 Å². The van der Waals surface area contributed by atoms with E-state index in [1.54, 1.807) is 6.33 Å². The molecule has 2 saturated heterocycles. The van der Waals surface area contributed by atoms with Crippen molar-refractivity contribution in [3.8, 4) is 22.4 Å². The van der Waals surface area contributed by atoms with Gasteiger partial charge in [-0.05, 0) is 84.2 Å². The largest absolute Gasteiger partial charge is 0.345 e. The summed E-state index contributed by atoms with van der Waals surface area (Å²) >= 11 is 0. The van der Waals surface area contributed by atoms with Crippen LogP contribution in [-0.2, 0) is 28.1 Å². The molecule has 12 heteroatoms. The summed E-state index contributed by atoms with van der Waals surface area (Å²) in [5, 5.41) is 13.7. The Balaban J connectivity index is 0.902. The molecule has 286 valence electrons. The standard InChI is InChI=1S/C44H46N8O4/c1-27-20-32(15-16-33(27)22-45-42(55)40-49-43(56-50-40)44(2,3)4)39-37-21-35(25-52(37)47-26-46-39)30-9-7-28(8-10-30)23-51-19-5-6-34(24-51)29-11-13-31(14-12-29)36-17-18-38(53)48-41(36)54/h7-16,20-21,25-26,34,36H,5-6,17-19,22-24H2,1-4H3,(H,45,55)(H,48,53,54). The SMILES string of the molecule is Cc1cc(-c2ncnn3cc(-c4ccc(CN5CCCC(c6ccc(C7CCC(=O)NC7=O)cc6)C5)cc4)cc23)ccc1CNC(=O)c1noc(C(C)(C)C)n1. The number of carbonyl (C=O) groups is 3. The van der Waals surface area contributed by atoms with Gasteiger partial charge in [-0.15, -0.1) is 0 Å². The predicted octanol–water partition coefficient (Wildman–Crippen LogP) is 6.88. The highest BCUT2D eigenvalue weighted by Crippen LogP contribution is 2.32. The van der Waals surface area contributed by atoms with Crippen molar-refractivity contribution in [2.75, 3.05) is 13.1 Å². The summed E-state index contributed by atoms with van der Waals surface area (Å²) in [6.45, 7) is 11.1. The van der Waals surface area contributed by atoms with E-state index in [9.17, 15) is 14.4 Å². The normalized spacial score (nSPS) is 17.9. The summed E-state index contributed by atoms with van der Waals surface area (Å²) < 4.78 is 7.15. The lowest BCUT2D eigenvalue weighted by Crippen LogP contribution is -2.39. The molecule has 12 nitrogen and oxygen atoms in total. The van der Waals surface area contributed by atoms with Crippen LogP contribution >= 0.6 is 0 Å². The highest BCUT2D eigenvalue weighted by Gasteiger charge is 2.29. The Kier molecular flexibility index (Phi) is 10.1. The Morgan fingerprint density at radius 2 is 1.71 bits per heavy atom. The lowest BCUT2D eigenvalue weighted by Gasteiger charge is -2.33. The van der Waals surface area contributed by atoms with E-state index in [1.165, 1.54) is 11.1 Å². The molecule has 3 aromatic heterocycles. The van der Waals surface area contributed by atoms with Crippen molar-refractivity contribution in [2.45, 2.75) is 83.7 Å². The highest BCUT2D eigenvalue weighted by molar-refractivity contribution is 6.01. The predicted molar refractivity (Wildman–Crippen MR) is 212 cm³/mol. The smallest absolute Gasteiger partial charge is 0.292 e. The third-order valence-electron chi connectivity index (χ3n) is 11.0. The monoisotopic (exact) mass is 750 g/mol. The number of rotatable bonds is 9. The van der Waals surface area contributed by atoms with E-state index in [1.807, 2.05) is 50.5 Å².